The van der Waals surface area contributed by atoms with E-state index in [0.29, 0.717) is 27.6 Å². The highest BCUT2D eigenvalue weighted by molar-refractivity contribution is 7.16. The van der Waals surface area contributed by atoms with Crippen molar-refractivity contribution < 1.29 is 14.3 Å². The van der Waals surface area contributed by atoms with Gasteiger partial charge in [-0.2, -0.15) is 0 Å². The second-order valence-corrected chi connectivity index (χ2v) is 6.60. The van der Waals surface area contributed by atoms with Gasteiger partial charge in [-0.15, -0.1) is 11.3 Å². The Morgan fingerprint density at radius 3 is 2.84 bits per heavy atom. The van der Waals surface area contributed by atoms with Gasteiger partial charge in [0.2, 0.25) is 0 Å². The van der Waals surface area contributed by atoms with Crippen LogP contribution in [0.2, 0.25) is 0 Å². The third-order valence-electron chi connectivity index (χ3n) is 3.77. The number of thiophene rings is 1. The first-order chi connectivity index (χ1) is 12.0. The number of aryl methyl sites for hydroxylation is 2. The van der Waals surface area contributed by atoms with Crippen LogP contribution in [0.1, 0.15) is 45.3 Å². The maximum absolute atomic E-state index is 12.8. The van der Waals surface area contributed by atoms with Crippen molar-refractivity contribution in [3.05, 3.63) is 52.3 Å². The summed E-state index contributed by atoms with van der Waals surface area (Å²) in [5.41, 5.74) is 2.19. The zero-order valence-corrected chi connectivity index (χ0v) is 15.1. The second-order valence-electron chi connectivity index (χ2n) is 5.46. The molecule has 3 rings (SSSR count). The summed E-state index contributed by atoms with van der Waals surface area (Å²) in [7, 11) is 0. The van der Waals surface area contributed by atoms with Gasteiger partial charge in [0.05, 0.1) is 17.9 Å². The molecule has 0 aliphatic heterocycles. The van der Waals surface area contributed by atoms with Gasteiger partial charge in [0.1, 0.15) is 16.3 Å². The summed E-state index contributed by atoms with van der Waals surface area (Å²) in [6, 6.07) is 7.33. The molecule has 0 atom stereocenters. The molecular formula is C18H19N3O3S. The molecule has 0 bridgehead atoms. The van der Waals surface area contributed by atoms with Gasteiger partial charge in [0.15, 0.2) is 0 Å². The highest BCUT2D eigenvalue weighted by Gasteiger charge is 2.22. The molecule has 0 spiro atoms. The number of amides is 1. The number of anilines is 1. The van der Waals surface area contributed by atoms with Crippen molar-refractivity contribution in [1.29, 1.82) is 0 Å². The molecule has 0 fully saturated rings. The van der Waals surface area contributed by atoms with Gasteiger partial charge in [-0.05, 0) is 38.5 Å². The number of hydrogen-bond donors (Lipinski definition) is 1. The molecule has 1 N–H and O–H groups in total. The zero-order valence-electron chi connectivity index (χ0n) is 14.3. The smallest absolute Gasteiger partial charge is 0.341 e. The van der Waals surface area contributed by atoms with Gasteiger partial charge < -0.3 is 10.1 Å². The fraction of sp³-hybridized carbons (Fsp3) is 0.278. The summed E-state index contributed by atoms with van der Waals surface area (Å²) < 4.78 is 6.83. The maximum Gasteiger partial charge on any atom is 0.341 e. The van der Waals surface area contributed by atoms with Crippen molar-refractivity contribution in [2.75, 3.05) is 11.9 Å². The number of carbonyl (C=O) groups excluding carboxylic acids is 2. The molecule has 130 valence electrons. The fourth-order valence-electron chi connectivity index (χ4n) is 2.62. The number of carbonyl (C=O) groups is 2. The number of pyridine rings is 1. The van der Waals surface area contributed by atoms with E-state index in [-0.39, 0.29) is 12.5 Å². The molecule has 25 heavy (non-hydrogen) atoms. The molecule has 0 aliphatic carbocycles. The SMILES string of the molecule is CCOC(=O)c1cc(CC)sc1NC(=O)c1c(C)nc2ccccn12. The number of rotatable bonds is 5. The van der Waals surface area contributed by atoms with Crippen LogP contribution in [0.25, 0.3) is 5.65 Å². The van der Waals surface area contributed by atoms with Crippen molar-refractivity contribution in [1.82, 2.24) is 9.38 Å². The third kappa shape index (κ3) is 3.28. The van der Waals surface area contributed by atoms with Crippen LogP contribution < -0.4 is 5.32 Å². The lowest BCUT2D eigenvalue weighted by atomic mass is 10.2. The van der Waals surface area contributed by atoms with E-state index < -0.39 is 5.97 Å². The van der Waals surface area contributed by atoms with Crippen LogP contribution in [0.4, 0.5) is 5.00 Å². The minimum absolute atomic E-state index is 0.288. The normalized spacial score (nSPS) is 10.8. The molecule has 6 nitrogen and oxygen atoms in total. The van der Waals surface area contributed by atoms with Crippen LogP contribution in [0.5, 0.6) is 0 Å². The second kappa shape index (κ2) is 7.06. The zero-order chi connectivity index (χ0) is 18.0. The van der Waals surface area contributed by atoms with Crippen LogP contribution >= 0.6 is 11.3 Å². The van der Waals surface area contributed by atoms with Gasteiger partial charge >= 0.3 is 5.97 Å². The number of hydrogen-bond acceptors (Lipinski definition) is 5. The van der Waals surface area contributed by atoms with Crippen molar-refractivity contribution in [2.24, 2.45) is 0 Å². The minimum Gasteiger partial charge on any atom is -0.462 e. The van der Waals surface area contributed by atoms with E-state index in [2.05, 4.69) is 10.3 Å². The lowest BCUT2D eigenvalue weighted by Crippen LogP contribution is -2.17. The van der Waals surface area contributed by atoms with E-state index in [1.54, 1.807) is 30.5 Å². The molecule has 3 aromatic heterocycles. The molecule has 0 saturated carbocycles. The molecule has 3 heterocycles. The lowest BCUT2D eigenvalue weighted by molar-refractivity contribution is 0.0528. The van der Waals surface area contributed by atoms with E-state index in [9.17, 15) is 9.59 Å². The molecular weight excluding hydrogens is 338 g/mol. The highest BCUT2D eigenvalue weighted by Crippen LogP contribution is 2.30. The Kier molecular flexibility index (Phi) is 4.85. The Bertz CT molecular complexity index is 942. The first-order valence-corrected chi connectivity index (χ1v) is 8.91. The molecule has 0 radical (unpaired) electrons. The lowest BCUT2D eigenvalue weighted by Gasteiger charge is -2.06. The maximum atomic E-state index is 12.8. The van der Waals surface area contributed by atoms with Crippen LogP contribution in [0.15, 0.2) is 30.5 Å². The van der Waals surface area contributed by atoms with Crippen LogP contribution in [0.3, 0.4) is 0 Å². The Morgan fingerprint density at radius 1 is 1.32 bits per heavy atom. The summed E-state index contributed by atoms with van der Waals surface area (Å²) >= 11 is 1.39. The highest BCUT2D eigenvalue weighted by atomic mass is 32.1. The van der Waals surface area contributed by atoms with Crippen molar-refractivity contribution in [3.8, 4) is 0 Å². The summed E-state index contributed by atoms with van der Waals surface area (Å²) in [6.45, 7) is 5.84. The molecule has 3 aromatic rings. The van der Waals surface area contributed by atoms with E-state index in [1.165, 1.54) is 11.3 Å². The standard InChI is InChI=1S/C18H19N3O3S/c1-4-12-10-13(18(23)24-5-2)17(25-12)20-16(22)15-11(3)19-14-8-6-7-9-21(14)15/h6-10H,4-5H2,1-3H3,(H,20,22). The van der Waals surface area contributed by atoms with Gasteiger partial charge in [0.25, 0.3) is 5.91 Å². The first-order valence-electron chi connectivity index (χ1n) is 8.10. The predicted molar refractivity (Wildman–Crippen MR) is 97.5 cm³/mol. The number of ether oxygens (including phenoxy) is 1. The summed E-state index contributed by atoms with van der Waals surface area (Å²) in [4.78, 5) is 30.4. The van der Waals surface area contributed by atoms with Crippen molar-refractivity contribution in [2.45, 2.75) is 27.2 Å². The summed E-state index contributed by atoms with van der Waals surface area (Å²) in [6.07, 6.45) is 2.57. The van der Waals surface area contributed by atoms with Crippen LogP contribution in [0, 0.1) is 6.92 Å². The van der Waals surface area contributed by atoms with Crippen LogP contribution in [-0.4, -0.2) is 27.9 Å². The summed E-state index contributed by atoms with van der Waals surface area (Å²) in [5.74, 6) is -0.727. The monoisotopic (exact) mass is 357 g/mol. The number of nitrogens with zero attached hydrogens (tertiary/aromatic N) is 2. The average Bonchev–Trinajstić information content (AvgIpc) is 3.14. The molecule has 0 aliphatic rings. The number of aromatic nitrogens is 2. The van der Waals surface area contributed by atoms with Gasteiger partial charge in [0, 0.05) is 11.1 Å². The molecule has 0 unspecified atom stereocenters. The van der Waals surface area contributed by atoms with Crippen molar-refractivity contribution in [3.63, 3.8) is 0 Å². The number of imidazole rings is 1. The average molecular weight is 357 g/mol. The van der Waals surface area contributed by atoms with E-state index in [4.69, 9.17) is 4.74 Å². The Balaban J connectivity index is 1.96. The molecule has 1 amide bonds. The van der Waals surface area contributed by atoms with Crippen molar-refractivity contribution >= 4 is 33.9 Å². The number of nitrogens with one attached hydrogen (secondary N) is 1. The van der Waals surface area contributed by atoms with Gasteiger partial charge in [-0.3, -0.25) is 9.20 Å². The third-order valence-corrected chi connectivity index (χ3v) is 4.97. The number of esters is 1. The fourth-order valence-corrected chi connectivity index (χ4v) is 3.60. The largest absolute Gasteiger partial charge is 0.462 e. The van der Waals surface area contributed by atoms with E-state index >= 15 is 0 Å². The van der Waals surface area contributed by atoms with Gasteiger partial charge in [-0.1, -0.05) is 13.0 Å². The predicted octanol–water partition coefficient (Wildman–Crippen LogP) is 3.70. The number of fused-ring (bicyclic) bond motifs is 1. The van der Waals surface area contributed by atoms with E-state index in [1.807, 2.05) is 25.1 Å². The molecule has 0 saturated heterocycles. The molecule has 7 heteroatoms. The minimum atomic E-state index is -0.427. The Hall–Kier alpha value is -2.67. The quantitative estimate of drug-likeness (QED) is 0.707. The topological polar surface area (TPSA) is 72.7 Å². The first kappa shape index (κ1) is 17.2. The Morgan fingerprint density at radius 2 is 2.12 bits per heavy atom. The molecule has 0 aromatic carbocycles. The summed E-state index contributed by atoms with van der Waals surface area (Å²) in [5, 5.41) is 3.36. The Labute approximate surface area is 149 Å². The van der Waals surface area contributed by atoms with E-state index in [0.717, 1.165) is 11.3 Å². The van der Waals surface area contributed by atoms with Gasteiger partial charge in [-0.25, -0.2) is 9.78 Å². The van der Waals surface area contributed by atoms with Crippen LogP contribution in [-0.2, 0) is 11.2 Å².